The number of ether oxygens (including phenoxy) is 1. The van der Waals surface area contributed by atoms with E-state index in [0.717, 1.165) is 6.42 Å². The van der Waals surface area contributed by atoms with Gasteiger partial charge in [-0.25, -0.2) is 0 Å². The van der Waals surface area contributed by atoms with Crippen LogP contribution in [0.5, 0.6) is 5.75 Å². The molecule has 0 spiro atoms. The van der Waals surface area contributed by atoms with Gasteiger partial charge < -0.3 is 15.2 Å². The van der Waals surface area contributed by atoms with Crippen LogP contribution in [0.25, 0.3) is 0 Å². The summed E-state index contributed by atoms with van der Waals surface area (Å²) in [7, 11) is 1.67. The Bertz CT molecular complexity index is 446. The van der Waals surface area contributed by atoms with Crippen LogP contribution in [-0.4, -0.2) is 31.3 Å². The van der Waals surface area contributed by atoms with E-state index in [1.165, 1.54) is 6.07 Å². The number of hydrogen-bond acceptors (Lipinski definition) is 3. The van der Waals surface area contributed by atoms with Crippen molar-refractivity contribution in [2.75, 3.05) is 20.3 Å². The molecule has 5 heteroatoms. The number of methoxy groups -OCH3 is 1. The van der Waals surface area contributed by atoms with E-state index in [4.69, 9.17) is 4.74 Å². The molecule has 0 saturated carbocycles. The summed E-state index contributed by atoms with van der Waals surface area (Å²) in [4.78, 5) is 12.0. The number of hydrogen-bond donors (Lipinski definition) is 2. The van der Waals surface area contributed by atoms with Gasteiger partial charge in [0.2, 0.25) is 0 Å². The first-order valence-electron chi connectivity index (χ1n) is 6.11. The van der Waals surface area contributed by atoms with Crippen LogP contribution in [0.15, 0.2) is 22.7 Å². The second-order valence-electron chi connectivity index (χ2n) is 5.26. The lowest BCUT2D eigenvalue weighted by atomic mass is 9.89. The first kappa shape index (κ1) is 16.0. The lowest BCUT2D eigenvalue weighted by Crippen LogP contribution is -2.34. The van der Waals surface area contributed by atoms with Crippen molar-refractivity contribution in [2.24, 2.45) is 5.41 Å². The highest BCUT2D eigenvalue weighted by Crippen LogP contribution is 2.24. The Morgan fingerprint density at radius 1 is 1.47 bits per heavy atom. The van der Waals surface area contributed by atoms with Gasteiger partial charge in [0.15, 0.2) is 0 Å². The molecular weight excluding hydrogens is 310 g/mol. The van der Waals surface area contributed by atoms with Crippen LogP contribution in [0.3, 0.4) is 0 Å². The molecule has 0 aliphatic carbocycles. The van der Waals surface area contributed by atoms with Gasteiger partial charge in [-0.15, -0.1) is 0 Å². The van der Waals surface area contributed by atoms with Gasteiger partial charge >= 0.3 is 0 Å². The normalized spacial score (nSPS) is 11.4. The van der Waals surface area contributed by atoms with E-state index in [1.807, 2.05) is 0 Å². The topological polar surface area (TPSA) is 58.6 Å². The number of carbonyl (C=O) groups is 1. The zero-order valence-electron chi connectivity index (χ0n) is 11.5. The van der Waals surface area contributed by atoms with Gasteiger partial charge in [0, 0.05) is 25.8 Å². The lowest BCUT2D eigenvalue weighted by Gasteiger charge is -2.24. The second kappa shape index (κ2) is 6.91. The Kier molecular flexibility index (Phi) is 5.82. The molecular formula is C14H20BrNO3. The second-order valence-corrected chi connectivity index (χ2v) is 6.11. The number of halogens is 1. The fourth-order valence-electron chi connectivity index (χ4n) is 1.54. The molecule has 106 valence electrons. The van der Waals surface area contributed by atoms with Gasteiger partial charge in [-0.1, -0.05) is 13.8 Å². The Labute approximate surface area is 122 Å². The van der Waals surface area contributed by atoms with E-state index in [0.29, 0.717) is 23.2 Å². The molecule has 0 saturated heterocycles. The van der Waals surface area contributed by atoms with E-state index >= 15 is 0 Å². The van der Waals surface area contributed by atoms with Crippen molar-refractivity contribution in [3.05, 3.63) is 28.2 Å². The fraction of sp³-hybridized carbons (Fsp3) is 0.500. The summed E-state index contributed by atoms with van der Waals surface area (Å²) in [5, 5.41) is 12.4. The van der Waals surface area contributed by atoms with E-state index in [9.17, 15) is 9.90 Å². The number of amides is 1. The molecule has 2 N–H and O–H groups in total. The van der Waals surface area contributed by atoms with Gasteiger partial charge in [0.05, 0.1) is 4.47 Å². The maximum atomic E-state index is 12.0. The molecule has 0 atom stereocenters. The van der Waals surface area contributed by atoms with Gasteiger partial charge in [-0.3, -0.25) is 4.79 Å². The van der Waals surface area contributed by atoms with Crippen molar-refractivity contribution in [1.82, 2.24) is 5.32 Å². The Morgan fingerprint density at radius 3 is 2.74 bits per heavy atom. The zero-order chi connectivity index (χ0) is 14.5. The molecule has 0 heterocycles. The van der Waals surface area contributed by atoms with Crippen LogP contribution in [0, 0.1) is 5.41 Å². The van der Waals surface area contributed by atoms with Crippen molar-refractivity contribution < 1.29 is 14.6 Å². The maximum Gasteiger partial charge on any atom is 0.251 e. The molecule has 0 aliphatic heterocycles. The number of carbonyl (C=O) groups excluding carboxylic acids is 1. The summed E-state index contributed by atoms with van der Waals surface area (Å²) in [6.45, 7) is 5.38. The summed E-state index contributed by atoms with van der Waals surface area (Å²) in [6.07, 6.45) is 0.870. The molecule has 0 aromatic heterocycles. The third-order valence-corrected chi connectivity index (χ3v) is 3.59. The van der Waals surface area contributed by atoms with Crippen LogP contribution in [0.1, 0.15) is 30.6 Å². The minimum atomic E-state index is -0.187. The number of phenols is 1. The summed E-state index contributed by atoms with van der Waals surface area (Å²) >= 11 is 3.18. The minimum Gasteiger partial charge on any atom is -0.507 e. The lowest BCUT2D eigenvalue weighted by molar-refractivity contribution is 0.0920. The predicted octanol–water partition coefficient (Wildman–Crippen LogP) is 2.95. The monoisotopic (exact) mass is 329 g/mol. The van der Waals surface area contributed by atoms with Crippen molar-refractivity contribution >= 4 is 21.8 Å². The Hall–Kier alpha value is -1.07. The van der Waals surface area contributed by atoms with Crippen LogP contribution in [0.2, 0.25) is 0 Å². The highest BCUT2D eigenvalue weighted by Gasteiger charge is 2.19. The number of nitrogens with one attached hydrogen (secondary N) is 1. The van der Waals surface area contributed by atoms with Crippen molar-refractivity contribution in [1.29, 1.82) is 0 Å². The number of aromatic hydroxyl groups is 1. The fourth-order valence-corrected chi connectivity index (χ4v) is 1.79. The largest absolute Gasteiger partial charge is 0.507 e. The molecule has 0 aliphatic rings. The third-order valence-electron chi connectivity index (χ3n) is 2.92. The van der Waals surface area contributed by atoms with Gasteiger partial charge in [0.1, 0.15) is 5.75 Å². The summed E-state index contributed by atoms with van der Waals surface area (Å²) in [6, 6.07) is 4.77. The maximum absolute atomic E-state index is 12.0. The highest BCUT2D eigenvalue weighted by molar-refractivity contribution is 9.10. The molecule has 0 bridgehead atoms. The molecule has 19 heavy (non-hydrogen) atoms. The van der Waals surface area contributed by atoms with Crippen LogP contribution < -0.4 is 5.32 Å². The van der Waals surface area contributed by atoms with E-state index in [-0.39, 0.29) is 17.1 Å². The molecule has 4 nitrogen and oxygen atoms in total. The standard InChI is InChI=1S/C14H20BrNO3/c1-14(2,6-7-19-3)9-16-13(18)10-4-5-11(15)12(17)8-10/h4-5,8,17H,6-7,9H2,1-3H3,(H,16,18). The van der Waals surface area contributed by atoms with Crippen LogP contribution in [0.4, 0.5) is 0 Å². The molecule has 1 aromatic rings. The van der Waals surface area contributed by atoms with Crippen molar-refractivity contribution in [3.8, 4) is 5.75 Å². The molecule has 1 rings (SSSR count). The number of benzene rings is 1. The minimum absolute atomic E-state index is 0.0247. The van der Waals surface area contributed by atoms with E-state index in [2.05, 4.69) is 35.1 Å². The van der Waals surface area contributed by atoms with Gasteiger partial charge in [-0.2, -0.15) is 0 Å². The van der Waals surface area contributed by atoms with E-state index in [1.54, 1.807) is 19.2 Å². The van der Waals surface area contributed by atoms with Gasteiger partial charge in [-0.05, 0) is 46.0 Å². The van der Waals surface area contributed by atoms with Crippen molar-refractivity contribution in [2.45, 2.75) is 20.3 Å². The smallest absolute Gasteiger partial charge is 0.251 e. The van der Waals surface area contributed by atoms with Crippen LogP contribution in [-0.2, 0) is 4.74 Å². The first-order valence-corrected chi connectivity index (χ1v) is 6.91. The quantitative estimate of drug-likeness (QED) is 0.843. The molecule has 1 amide bonds. The first-order chi connectivity index (χ1) is 8.85. The summed E-state index contributed by atoms with van der Waals surface area (Å²) in [5.74, 6) is -0.125. The number of rotatable bonds is 6. The third kappa shape index (κ3) is 5.20. The number of phenolic OH excluding ortho intramolecular Hbond substituents is 1. The highest BCUT2D eigenvalue weighted by atomic mass is 79.9. The Balaban J connectivity index is 2.57. The zero-order valence-corrected chi connectivity index (χ0v) is 13.1. The summed E-state index contributed by atoms with van der Waals surface area (Å²) < 4.78 is 5.62. The predicted molar refractivity (Wildman–Crippen MR) is 78.4 cm³/mol. The van der Waals surface area contributed by atoms with Crippen LogP contribution >= 0.6 is 15.9 Å². The van der Waals surface area contributed by atoms with E-state index < -0.39 is 0 Å². The molecule has 0 fully saturated rings. The van der Waals surface area contributed by atoms with Crippen molar-refractivity contribution in [3.63, 3.8) is 0 Å². The Morgan fingerprint density at radius 2 is 2.16 bits per heavy atom. The van der Waals surface area contributed by atoms with Gasteiger partial charge in [0.25, 0.3) is 5.91 Å². The average Bonchev–Trinajstić information content (AvgIpc) is 2.37. The SMILES string of the molecule is COCCC(C)(C)CNC(=O)c1ccc(Br)c(O)c1. The molecule has 0 radical (unpaired) electrons. The molecule has 0 unspecified atom stereocenters. The molecule has 1 aromatic carbocycles. The summed E-state index contributed by atoms with van der Waals surface area (Å²) in [5.41, 5.74) is 0.423. The average molecular weight is 330 g/mol.